The van der Waals surface area contributed by atoms with Gasteiger partial charge in [0.15, 0.2) is 0 Å². The van der Waals surface area contributed by atoms with Crippen LogP contribution in [0, 0.1) is 23.7 Å². The minimum atomic E-state index is -0.486. The number of aliphatic hydroxyl groups is 3. The molecule has 4 atom stereocenters. The smallest absolute Gasteiger partial charge is 0.410 e. The molecule has 5 saturated heterocycles. The molecule has 5 fully saturated rings. The van der Waals surface area contributed by atoms with Crippen LogP contribution in [0.4, 0.5) is 15.3 Å². The molecular formula is C99H117BrN6O11. The molecule has 9 aromatic carbocycles. The largest absolute Gasteiger partial charge is 0.508 e. The first-order chi connectivity index (χ1) is 56.7. The van der Waals surface area contributed by atoms with Gasteiger partial charge in [0, 0.05) is 109 Å². The first kappa shape index (κ1) is 86.3. The van der Waals surface area contributed by atoms with Crippen LogP contribution in [0.1, 0.15) is 130 Å². The zero-order valence-electron chi connectivity index (χ0n) is 68.8. The number of aliphatic hydroxyl groups excluding tert-OH is 3. The van der Waals surface area contributed by atoms with E-state index in [4.69, 9.17) is 18.9 Å². The highest BCUT2D eigenvalue weighted by Gasteiger charge is 2.43. The number of hydrogen-bond acceptors (Lipinski definition) is 15. The fourth-order valence-electron chi connectivity index (χ4n) is 16.6. The third kappa shape index (κ3) is 24.6. The van der Waals surface area contributed by atoms with Gasteiger partial charge in [0.2, 0.25) is 0 Å². The number of amides is 2. The number of allylic oxidation sites excluding steroid dienone is 3. The van der Waals surface area contributed by atoms with E-state index in [1.54, 1.807) is 29.2 Å². The highest BCUT2D eigenvalue weighted by atomic mass is 79.9. The summed E-state index contributed by atoms with van der Waals surface area (Å²) in [6.07, 6.45) is 3.85. The Morgan fingerprint density at radius 3 is 1.04 bits per heavy atom. The van der Waals surface area contributed by atoms with Gasteiger partial charge >= 0.3 is 12.2 Å². The van der Waals surface area contributed by atoms with Gasteiger partial charge in [-0.3, -0.25) is 9.80 Å². The number of fused-ring (bicyclic) bond motifs is 2. The van der Waals surface area contributed by atoms with Gasteiger partial charge in [-0.1, -0.05) is 180 Å². The predicted octanol–water partition coefficient (Wildman–Crippen LogP) is 18.2. The van der Waals surface area contributed by atoms with E-state index in [0.29, 0.717) is 57.4 Å². The van der Waals surface area contributed by atoms with Crippen molar-refractivity contribution in [1.82, 2.24) is 24.9 Å². The number of anilines is 1. The molecule has 5 aliphatic heterocycles. The SMILES string of the molecule is CC(C)(C)OC(=O)N1CCN(c2ccc(/C(=C(/CCCO)c3ccccc3)c3ccc(Br)cc3)cc2)CC1.CC(C)(C)OC(=O)N1C[C@H]2CN(CCOc3ccc(/C(=C(/CCCO)c4ccccc4)c4ccc(O)cc4)cc3)C[C@H]2C1.OCCC/C(=C(\c1ccc(O)cc1)c1ccc(OCCN2C[C@H]3CNC[C@H]3C2)cc1)c1ccccc1. The number of phenols is 2. The van der Waals surface area contributed by atoms with Gasteiger partial charge < -0.3 is 64.5 Å². The average Bonchev–Trinajstić information content (AvgIpc) is 1.24. The van der Waals surface area contributed by atoms with Crippen molar-refractivity contribution in [3.8, 4) is 23.0 Å². The second-order valence-corrected chi connectivity index (χ2v) is 34.0. The highest BCUT2D eigenvalue weighted by Crippen LogP contribution is 2.41. The minimum Gasteiger partial charge on any atom is -0.508 e. The van der Waals surface area contributed by atoms with E-state index in [-0.39, 0.29) is 43.5 Å². The number of halogens is 1. The van der Waals surface area contributed by atoms with Crippen LogP contribution >= 0.6 is 15.9 Å². The van der Waals surface area contributed by atoms with Gasteiger partial charge in [-0.25, -0.2) is 9.59 Å². The summed E-state index contributed by atoms with van der Waals surface area (Å²) < 4.78 is 24.4. The molecule has 18 heteroatoms. The van der Waals surface area contributed by atoms with E-state index in [1.807, 2.05) is 137 Å². The van der Waals surface area contributed by atoms with Crippen molar-refractivity contribution in [3.63, 3.8) is 0 Å². The number of nitrogens with one attached hydrogen (secondary N) is 1. The molecule has 5 heterocycles. The van der Waals surface area contributed by atoms with Gasteiger partial charge in [0.25, 0.3) is 0 Å². The van der Waals surface area contributed by atoms with Crippen LogP contribution in [-0.2, 0) is 9.47 Å². The monoisotopic (exact) mass is 1640 g/mol. The summed E-state index contributed by atoms with van der Waals surface area (Å²) in [6, 6.07) is 79.4. The van der Waals surface area contributed by atoms with Gasteiger partial charge in [-0.15, -0.1) is 0 Å². The summed E-state index contributed by atoms with van der Waals surface area (Å²) in [4.78, 5) is 35.9. The van der Waals surface area contributed by atoms with Crippen LogP contribution in [0.3, 0.4) is 0 Å². The number of ether oxygens (including phenoxy) is 4. The number of phenolic OH excluding ortho intramolecular Hbond substituents is 2. The summed E-state index contributed by atoms with van der Waals surface area (Å²) >= 11 is 3.57. The molecule has 14 rings (SSSR count). The number of nitrogens with zero attached hydrogens (tertiary/aromatic N) is 5. The standard InChI is InChI=1S/C36H44N2O5.C32H37BrN2O3.C31H36N2O3/c1-36(2,3)43-35(41)38-24-29-22-37(23-30(29)25-38)19-21-42-32-17-13-28(14-18-32)34(27-11-15-31(40)16-12-27)33(10-7-20-39)26-8-5-4-6-9-26;1-32(2,3)38-31(37)35-21-19-34(20-22-35)28-17-13-26(14-18-28)30(25-11-15-27(33)16-12-25)29(10-7-23-36)24-8-5-4-6-9-24;34-17-4-7-30(23-5-2-1-3-6-23)31(24-8-12-28(35)13-9-24)25-10-14-29(15-11-25)36-18-16-33-21-26-19-32-20-27(26)22-33/h4-6,8-9,11-18,29-30,39-40H,7,10,19-25H2,1-3H3;4-6,8-9,11-18,36H,7,10,19-23H2,1-3H3;1-3,5-6,8-15,26-27,32,34-35H,4,7,16-22H2/b34-33-;30-29-;31-30-/t29-,30+;;26-,27+. The maximum absolute atomic E-state index is 12.5. The molecule has 0 spiro atoms. The predicted molar refractivity (Wildman–Crippen MR) is 474 cm³/mol. The van der Waals surface area contributed by atoms with Gasteiger partial charge in [-0.05, 0) is 273 Å². The van der Waals surface area contributed by atoms with Crippen molar-refractivity contribution in [2.24, 2.45) is 23.7 Å². The first-order valence-electron chi connectivity index (χ1n) is 41.6. The quantitative estimate of drug-likeness (QED) is 0.0265. The van der Waals surface area contributed by atoms with Crippen molar-refractivity contribution >= 4 is 67.2 Å². The lowest BCUT2D eigenvalue weighted by molar-refractivity contribution is 0.0237. The van der Waals surface area contributed by atoms with E-state index in [2.05, 4.69) is 157 Å². The van der Waals surface area contributed by atoms with Crippen LogP contribution in [0.15, 0.2) is 241 Å². The number of rotatable bonds is 27. The molecule has 5 aliphatic rings. The Morgan fingerprint density at radius 1 is 0.385 bits per heavy atom. The fourth-order valence-corrected chi connectivity index (χ4v) is 16.8. The fraction of sp³-hybridized carbons (Fsp3) is 0.374. The van der Waals surface area contributed by atoms with Crippen molar-refractivity contribution in [3.05, 3.63) is 291 Å². The zero-order chi connectivity index (χ0) is 82.3. The van der Waals surface area contributed by atoms with Gasteiger partial charge in [-0.2, -0.15) is 0 Å². The Balaban J connectivity index is 0.000000162. The molecule has 0 aliphatic carbocycles. The molecular weight excluding hydrogens is 1530 g/mol. The summed E-state index contributed by atoms with van der Waals surface area (Å²) in [6.45, 7) is 25.9. The first-order valence-corrected chi connectivity index (χ1v) is 42.4. The molecule has 6 N–H and O–H groups in total. The molecule has 17 nitrogen and oxygen atoms in total. The molecule has 117 heavy (non-hydrogen) atoms. The Morgan fingerprint density at radius 2 is 0.701 bits per heavy atom. The van der Waals surface area contributed by atoms with E-state index >= 15 is 0 Å². The number of benzene rings is 9. The van der Waals surface area contributed by atoms with Crippen molar-refractivity contribution in [2.75, 3.05) is 130 Å². The normalized spacial score (nSPS) is 18.1. The molecule has 0 aromatic heterocycles. The maximum atomic E-state index is 12.5. The minimum absolute atomic E-state index is 0.118. The molecule has 616 valence electrons. The van der Waals surface area contributed by atoms with E-state index in [1.165, 1.54) is 35.4 Å². The summed E-state index contributed by atoms with van der Waals surface area (Å²) in [5.41, 5.74) is 17.0. The molecule has 0 bridgehead atoms. The second-order valence-electron chi connectivity index (χ2n) is 33.1. The maximum Gasteiger partial charge on any atom is 0.410 e. The van der Waals surface area contributed by atoms with Crippen LogP contribution in [0.5, 0.6) is 23.0 Å². The average molecular weight is 1650 g/mol. The Labute approximate surface area is 700 Å². The number of aromatic hydroxyl groups is 2. The number of likely N-dealkylation sites (tertiary alicyclic amines) is 3. The lowest BCUT2D eigenvalue weighted by Gasteiger charge is -2.36. The van der Waals surface area contributed by atoms with E-state index in [9.17, 15) is 35.1 Å². The third-order valence-electron chi connectivity index (χ3n) is 22.2. The summed E-state index contributed by atoms with van der Waals surface area (Å²) in [5, 5.41) is 52.2. The third-order valence-corrected chi connectivity index (χ3v) is 22.8. The number of hydrogen-bond donors (Lipinski definition) is 6. The summed E-state index contributed by atoms with van der Waals surface area (Å²) in [5.74, 6) is 4.76. The lowest BCUT2D eigenvalue weighted by atomic mass is 9.87. The Hall–Kier alpha value is -10.0. The number of carbonyl (C=O) groups is 2. The Bertz CT molecular complexity index is 4670. The Kier molecular flexibility index (Phi) is 30.9. The number of carbonyl (C=O) groups excluding carboxylic acids is 2. The van der Waals surface area contributed by atoms with Crippen LogP contribution in [0.25, 0.3) is 33.4 Å². The topological polar surface area (TPSA) is 200 Å². The summed E-state index contributed by atoms with van der Waals surface area (Å²) in [7, 11) is 0. The van der Waals surface area contributed by atoms with Crippen molar-refractivity contribution < 1.29 is 54.1 Å². The lowest BCUT2D eigenvalue weighted by Crippen LogP contribution is -2.50. The van der Waals surface area contributed by atoms with Crippen LogP contribution < -0.4 is 19.7 Å². The van der Waals surface area contributed by atoms with Crippen molar-refractivity contribution in [2.45, 2.75) is 91.3 Å². The van der Waals surface area contributed by atoms with E-state index < -0.39 is 11.2 Å². The molecule has 2 amide bonds. The van der Waals surface area contributed by atoms with Gasteiger partial charge in [0.1, 0.15) is 47.4 Å². The highest BCUT2D eigenvalue weighted by molar-refractivity contribution is 9.10. The molecule has 0 unspecified atom stereocenters. The zero-order valence-corrected chi connectivity index (χ0v) is 70.4. The van der Waals surface area contributed by atoms with E-state index in [0.717, 1.165) is 179 Å². The van der Waals surface area contributed by atoms with Crippen LogP contribution in [0.2, 0.25) is 0 Å². The molecule has 0 radical (unpaired) electrons. The van der Waals surface area contributed by atoms with Crippen molar-refractivity contribution in [1.29, 1.82) is 0 Å². The molecule has 9 aromatic rings. The molecule has 0 saturated carbocycles. The number of piperazine rings is 1. The van der Waals surface area contributed by atoms with Crippen LogP contribution in [-0.4, -0.2) is 193 Å². The van der Waals surface area contributed by atoms with Gasteiger partial charge in [0.05, 0.1) is 0 Å². The second kappa shape index (κ2) is 41.9.